The average Bonchev–Trinajstić information content (AvgIpc) is 2.17. The molecule has 3 nitrogen and oxygen atoms in total. The molecule has 0 rings (SSSR count). The molecule has 14 heavy (non-hydrogen) atoms. The van der Waals surface area contributed by atoms with E-state index >= 15 is 0 Å². The lowest BCUT2D eigenvalue weighted by Gasteiger charge is -2.01. The molecule has 0 saturated heterocycles. The summed E-state index contributed by atoms with van der Waals surface area (Å²) in [5.41, 5.74) is 0. The first-order valence-electron chi connectivity index (χ1n) is 5.30. The predicted octanol–water partition coefficient (Wildman–Crippen LogP) is 2.81. The molecule has 0 aliphatic carbocycles. The molecule has 0 radical (unpaired) electrons. The van der Waals surface area contributed by atoms with Crippen LogP contribution in [0.5, 0.6) is 0 Å². The summed E-state index contributed by atoms with van der Waals surface area (Å²) in [5.74, 6) is -0.395. The van der Waals surface area contributed by atoms with Gasteiger partial charge in [0.2, 0.25) is 0 Å². The number of hydrogen-bond acceptors (Lipinski definition) is 2. The molecule has 0 aliphatic rings. The standard InChI is InChI=1S/C11H19NO2/c1-3-4-5-6-7-8-9-14-11(13)10-12-2/h3-10H2,1H3. The van der Waals surface area contributed by atoms with E-state index in [1.807, 2.05) is 0 Å². The van der Waals surface area contributed by atoms with E-state index in [1.54, 1.807) is 0 Å². The van der Waals surface area contributed by atoms with Crippen LogP contribution in [0, 0.1) is 6.57 Å². The Morgan fingerprint density at radius 3 is 2.50 bits per heavy atom. The number of esters is 1. The van der Waals surface area contributed by atoms with E-state index < -0.39 is 5.97 Å². The van der Waals surface area contributed by atoms with Crippen LogP contribution in [0.25, 0.3) is 4.85 Å². The quantitative estimate of drug-likeness (QED) is 0.340. The van der Waals surface area contributed by atoms with Gasteiger partial charge in [-0.05, 0) is 6.42 Å². The van der Waals surface area contributed by atoms with Crippen molar-refractivity contribution in [1.82, 2.24) is 0 Å². The average molecular weight is 197 g/mol. The van der Waals surface area contributed by atoms with Gasteiger partial charge in [0.1, 0.15) is 0 Å². The molecule has 0 aromatic heterocycles. The lowest BCUT2D eigenvalue weighted by atomic mass is 10.1. The molecule has 0 aromatic rings. The third-order valence-corrected chi connectivity index (χ3v) is 1.97. The minimum atomic E-state index is -0.395. The molecule has 80 valence electrons. The molecule has 0 unspecified atom stereocenters. The monoisotopic (exact) mass is 197 g/mol. The third kappa shape index (κ3) is 9.05. The molecule has 0 saturated carbocycles. The second-order valence-corrected chi connectivity index (χ2v) is 3.30. The van der Waals surface area contributed by atoms with E-state index in [0.29, 0.717) is 6.61 Å². The Kier molecular flexibility index (Phi) is 9.30. The van der Waals surface area contributed by atoms with Gasteiger partial charge in [-0.25, -0.2) is 11.4 Å². The van der Waals surface area contributed by atoms with E-state index in [2.05, 4.69) is 11.8 Å². The fraction of sp³-hybridized carbons (Fsp3) is 0.818. The van der Waals surface area contributed by atoms with Crippen molar-refractivity contribution in [2.45, 2.75) is 45.4 Å². The van der Waals surface area contributed by atoms with Gasteiger partial charge in [-0.15, -0.1) is 0 Å². The number of unbranched alkanes of at least 4 members (excludes halogenated alkanes) is 5. The second kappa shape index (κ2) is 10.0. The van der Waals surface area contributed by atoms with Crippen LogP contribution < -0.4 is 0 Å². The van der Waals surface area contributed by atoms with Crippen molar-refractivity contribution in [3.8, 4) is 0 Å². The summed E-state index contributed by atoms with van der Waals surface area (Å²) in [7, 11) is 0. The van der Waals surface area contributed by atoms with E-state index in [-0.39, 0.29) is 6.54 Å². The summed E-state index contributed by atoms with van der Waals surface area (Å²) >= 11 is 0. The SMILES string of the molecule is [C-]#[N+]CC(=O)OCCCCCCCC. The van der Waals surface area contributed by atoms with Gasteiger partial charge in [-0.3, -0.25) is 0 Å². The van der Waals surface area contributed by atoms with Crippen LogP contribution in [-0.4, -0.2) is 19.1 Å². The lowest BCUT2D eigenvalue weighted by Crippen LogP contribution is -2.07. The highest BCUT2D eigenvalue weighted by Gasteiger charge is 2.03. The Balaban J connectivity index is 3.06. The number of carbonyl (C=O) groups is 1. The van der Waals surface area contributed by atoms with Crippen molar-refractivity contribution in [2.75, 3.05) is 13.2 Å². The highest BCUT2D eigenvalue weighted by molar-refractivity contribution is 5.73. The van der Waals surface area contributed by atoms with E-state index in [4.69, 9.17) is 11.3 Å². The first kappa shape index (κ1) is 13.0. The van der Waals surface area contributed by atoms with Crippen LogP contribution >= 0.6 is 0 Å². The summed E-state index contributed by atoms with van der Waals surface area (Å²) in [6.07, 6.45) is 7.07. The number of nitrogens with zero attached hydrogens (tertiary/aromatic N) is 1. The van der Waals surface area contributed by atoms with Crippen LogP contribution in [0.4, 0.5) is 0 Å². The zero-order valence-corrected chi connectivity index (χ0v) is 8.92. The number of rotatable bonds is 8. The molecule has 0 fully saturated rings. The number of carbonyl (C=O) groups excluding carboxylic acids is 1. The zero-order valence-electron chi connectivity index (χ0n) is 8.92. The van der Waals surface area contributed by atoms with Crippen molar-refractivity contribution >= 4 is 5.97 Å². The minimum absolute atomic E-state index is 0.143. The molecule has 0 spiro atoms. The van der Waals surface area contributed by atoms with Crippen molar-refractivity contribution < 1.29 is 9.53 Å². The topological polar surface area (TPSA) is 30.7 Å². The summed E-state index contributed by atoms with van der Waals surface area (Å²) in [4.78, 5) is 13.7. The Labute approximate surface area is 86.3 Å². The molecular weight excluding hydrogens is 178 g/mol. The first-order chi connectivity index (χ1) is 6.81. The lowest BCUT2D eigenvalue weighted by molar-refractivity contribution is -0.141. The molecule has 0 N–H and O–H groups in total. The van der Waals surface area contributed by atoms with Gasteiger partial charge in [-0.2, -0.15) is 0 Å². The zero-order chi connectivity index (χ0) is 10.6. The molecule has 0 aromatic carbocycles. The van der Waals surface area contributed by atoms with Gasteiger partial charge in [-0.1, -0.05) is 39.0 Å². The molecule has 3 heteroatoms. The summed E-state index contributed by atoms with van der Waals surface area (Å²) in [6.45, 7) is 8.97. The molecule has 0 atom stereocenters. The fourth-order valence-corrected chi connectivity index (χ4v) is 1.18. The van der Waals surface area contributed by atoms with E-state index in [1.165, 1.54) is 25.7 Å². The van der Waals surface area contributed by atoms with Crippen LogP contribution in [0.15, 0.2) is 0 Å². The summed E-state index contributed by atoms with van der Waals surface area (Å²) < 4.78 is 4.84. The minimum Gasteiger partial charge on any atom is -0.460 e. The Hall–Kier alpha value is -1.04. The first-order valence-corrected chi connectivity index (χ1v) is 5.30. The van der Waals surface area contributed by atoms with Gasteiger partial charge >= 0.3 is 12.5 Å². The normalized spacial score (nSPS) is 9.43. The Morgan fingerprint density at radius 2 is 1.86 bits per heavy atom. The van der Waals surface area contributed by atoms with Crippen molar-refractivity contribution in [3.05, 3.63) is 11.4 Å². The Morgan fingerprint density at radius 1 is 1.21 bits per heavy atom. The van der Waals surface area contributed by atoms with Crippen LogP contribution in [0.2, 0.25) is 0 Å². The van der Waals surface area contributed by atoms with Gasteiger partial charge in [0.15, 0.2) is 0 Å². The molecule has 0 aliphatic heterocycles. The maximum Gasteiger partial charge on any atom is 0.387 e. The number of ether oxygens (including phenoxy) is 1. The molecule has 0 bridgehead atoms. The van der Waals surface area contributed by atoms with Gasteiger partial charge in [0.05, 0.1) is 6.61 Å². The largest absolute Gasteiger partial charge is 0.460 e. The maximum atomic E-state index is 10.7. The second-order valence-electron chi connectivity index (χ2n) is 3.30. The van der Waals surface area contributed by atoms with Crippen molar-refractivity contribution in [1.29, 1.82) is 0 Å². The Bertz CT molecular complexity index is 184. The summed E-state index contributed by atoms with van der Waals surface area (Å²) in [5, 5.41) is 0. The van der Waals surface area contributed by atoms with Gasteiger partial charge < -0.3 is 9.58 Å². The van der Waals surface area contributed by atoms with Crippen molar-refractivity contribution in [3.63, 3.8) is 0 Å². The highest BCUT2D eigenvalue weighted by atomic mass is 16.5. The van der Waals surface area contributed by atoms with Crippen LogP contribution in [0.3, 0.4) is 0 Å². The molecular formula is C11H19NO2. The third-order valence-electron chi connectivity index (χ3n) is 1.97. The van der Waals surface area contributed by atoms with E-state index in [9.17, 15) is 4.79 Å². The van der Waals surface area contributed by atoms with Crippen LogP contribution in [-0.2, 0) is 9.53 Å². The van der Waals surface area contributed by atoms with E-state index in [0.717, 1.165) is 12.8 Å². The van der Waals surface area contributed by atoms with Gasteiger partial charge in [0, 0.05) is 0 Å². The molecule has 0 amide bonds. The fourth-order valence-electron chi connectivity index (χ4n) is 1.18. The smallest absolute Gasteiger partial charge is 0.387 e. The van der Waals surface area contributed by atoms with Crippen LogP contribution in [0.1, 0.15) is 45.4 Å². The summed E-state index contributed by atoms with van der Waals surface area (Å²) in [6, 6.07) is 0. The molecule has 0 heterocycles. The van der Waals surface area contributed by atoms with Gasteiger partial charge in [0.25, 0.3) is 0 Å². The number of hydrogen-bond donors (Lipinski definition) is 0. The maximum absolute atomic E-state index is 10.7. The predicted molar refractivity (Wildman–Crippen MR) is 55.8 cm³/mol. The van der Waals surface area contributed by atoms with Crippen molar-refractivity contribution in [2.24, 2.45) is 0 Å². The highest BCUT2D eigenvalue weighted by Crippen LogP contribution is 2.04.